The van der Waals surface area contributed by atoms with Gasteiger partial charge in [0.2, 0.25) is 0 Å². The standard InChI is InChI=1S/C29H31NO3/c1-31-27-18-24-23-13-6-7-14-26(23)30-29(25(24)19-28(27)32-2)21-11-8-12-22(17-21)33-16-15-20-9-4-3-5-10-20/h3-5,8-12,17-19,23,26H,6-7,13-16H2,1-2H3/t23-,26-/m0/s1. The van der Waals surface area contributed by atoms with Crippen LogP contribution in [-0.2, 0) is 6.42 Å². The van der Waals surface area contributed by atoms with Crippen molar-refractivity contribution in [1.29, 1.82) is 0 Å². The number of benzene rings is 3. The zero-order chi connectivity index (χ0) is 22.6. The molecule has 2 atom stereocenters. The summed E-state index contributed by atoms with van der Waals surface area (Å²) in [6.07, 6.45) is 5.69. The Balaban J connectivity index is 1.46. The predicted molar refractivity (Wildman–Crippen MR) is 132 cm³/mol. The Morgan fingerprint density at radius 1 is 0.848 bits per heavy atom. The van der Waals surface area contributed by atoms with Crippen molar-refractivity contribution in [2.75, 3.05) is 20.8 Å². The molecule has 0 spiro atoms. The molecule has 170 valence electrons. The van der Waals surface area contributed by atoms with Crippen LogP contribution in [0, 0.1) is 0 Å². The van der Waals surface area contributed by atoms with Gasteiger partial charge >= 0.3 is 0 Å². The first-order valence-corrected chi connectivity index (χ1v) is 11.9. The number of rotatable bonds is 7. The Labute approximate surface area is 196 Å². The van der Waals surface area contributed by atoms with Gasteiger partial charge in [-0.25, -0.2) is 0 Å². The Kier molecular flexibility index (Phi) is 6.34. The molecule has 0 bridgehead atoms. The number of fused-ring (bicyclic) bond motifs is 3. The van der Waals surface area contributed by atoms with Gasteiger partial charge in [0.25, 0.3) is 0 Å². The van der Waals surface area contributed by atoms with Gasteiger partial charge in [0.05, 0.1) is 32.6 Å². The zero-order valence-electron chi connectivity index (χ0n) is 19.4. The third-order valence-corrected chi connectivity index (χ3v) is 6.84. The molecule has 4 heteroatoms. The Bertz CT molecular complexity index is 1140. The molecule has 0 saturated heterocycles. The number of methoxy groups -OCH3 is 2. The highest BCUT2D eigenvalue weighted by atomic mass is 16.5. The second-order valence-corrected chi connectivity index (χ2v) is 8.84. The molecule has 1 aliphatic carbocycles. The van der Waals surface area contributed by atoms with Crippen LogP contribution in [0.15, 0.2) is 71.7 Å². The molecular weight excluding hydrogens is 410 g/mol. The second kappa shape index (κ2) is 9.70. The minimum Gasteiger partial charge on any atom is -0.493 e. The smallest absolute Gasteiger partial charge is 0.161 e. The van der Waals surface area contributed by atoms with E-state index in [4.69, 9.17) is 19.2 Å². The molecule has 4 nitrogen and oxygen atoms in total. The lowest BCUT2D eigenvalue weighted by atomic mass is 9.75. The van der Waals surface area contributed by atoms with Crippen LogP contribution >= 0.6 is 0 Å². The van der Waals surface area contributed by atoms with Crippen LogP contribution in [-0.4, -0.2) is 32.6 Å². The number of hydrogen-bond donors (Lipinski definition) is 0. The molecule has 33 heavy (non-hydrogen) atoms. The van der Waals surface area contributed by atoms with Gasteiger partial charge in [-0.15, -0.1) is 0 Å². The van der Waals surface area contributed by atoms with Crippen molar-refractivity contribution < 1.29 is 14.2 Å². The predicted octanol–water partition coefficient (Wildman–Crippen LogP) is 6.20. The monoisotopic (exact) mass is 441 g/mol. The summed E-state index contributed by atoms with van der Waals surface area (Å²) in [6.45, 7) is 0.645. The van der Waals surface area contributed by atoms with Crippen LogP contribution in [0.5, 0.6) is 17.2 Å². The van der Waals surface area contributed by atoms with Crippen molar-refractivity contribution in [1.82, 2.24) is 0 Å². The second-order valence-electron chi connectivity index (χ2n) is 8.84. The lowest BCUT2D eigenvalue weighted by molar-refractivity contribution is 0.322. The first-order valence-electron chi connectivity index (χ1n) is 11.9. The Morgan fingerprint density at radius 3 is 2.45 bits per heavy atom. The number of ether oxygens (including phenoxy) is 3. The summed E-state index contributed by atoms with van der Waals surface area (Å²) in [6, 6.07) is 23.4. The molecule has 0 N–H and O–H groups in total. The van der Waals surface area contributed by atoms with Crippen molar-refractivity contribution >= 4 is 5.71 Å². The third kappa shape index (κ3) is 4.47. The summed E-state index contributed by atoms with van der Waals surface area (Å²) >= 11 is 0. The third-order valence-electron chi connectivity index (χ3n) is 6.84. The molecule has 0 aromatic heterocycles. The molecule has 0 unspecified atom stereocenters. The van der Waals surface area contributed by atoms with Crippen LogP contribution < -0.4 is 14.2 Å². The van der Waals surface area contributed by atoms with E-state index < -0.39 is 0 Å². The van der Waals surface area contributed by atoms with E-state index in [9.17, 15) is 0 Å². The van der Waals surface area contributed by atoms with Crippen LogP contribution in [0.25, 0.3) is 0 Å². The fraction of sp³-hybridized carbons (Fsp3) is 0.345. The molecule has 3 aromatic rings. The van der Waals surface area contributed by atoms with E-state index in [0.29, 0.717) is 18.6 Å². The van der Waals surface area contributed by atoms with Gasteiger partial charge in [-0.2, -0.15) is 0 Å². The summed E-state index contributed by atoms with van der Waals surface area (Å²) < 4.78 is 17.4. The zero-order valence-corrected chi connectivity index (χ0v) is 19.4. The van der Waals surface area contributed by atoms with E-state index in [2.05, 4.69) is 54.6 Å². The maximum absolute atomic E-state index is 6.12. The normalized spacial score (nSPS) is 19.2. The topological polar surface area (TPSA) is 40.0 Å². The fourth-order valence-corrected chi connectivity index (χ4v) is 5.17. The summed E-state index contributed by atoms with van der Waals surface area (Å²) in [4.78, 5) is 5.28. The Hall–Kier alpha value is -3.27. The highest BCUT2D eigenvalue weighted by molar-refractivity contribution is 6.15. The first-order chi connectivity index (χ1) is 16.3. The first kappa shape index (κ1) is 21.6. The fourth-order valence-electron chi connectivity index (χ4n) is 5.17. The molecule has 5 rings (SSSR count). The highest BCUT2D eigenvalue weighted by Gasteiger charge is 2.34. The Morgan fingerprint density at radius 2 is 1.64 bits per heavy atom. The summed E-state index contributed by atoms with van der Waals surface area (Å²) in [5, 5.41) is 0. The summed E-state index contributed by atoms with van der Waals surface area (Å²) in [5.74, 6) is 2.86. The number of aliphatic imine (C=N–C) groups is 1. The molecule has 1 fully saturated rings. The number of hydrogen-bond acceptors (Lipinski definition) is 4. The van der Waals surface area contributed by atoms with Crippen molar-refractivity contribution in [3.8, 4) is 17.2 Å². The lowest BCUT2D eigenvalue weighted by Gasteiger charge is -2.35. The molecule has 1 heterocycles. The van der Waals surface area contributed by atoms with Crippen LogP contribution in [0.4, 0.5) is 0 Å². The van der Waals surface area contributed by atoms with Crippen molar-refractivity contribution in [3.63, 3.8) is 0 Å². The molecule has 1 aliphatic heterocycles. The molecule has 3 aromatic carbocycles. The van der Waals surface area contributed by atoms with E-state index in [-0.39, 0.29) is 0 Å². The van der Waals surface area contributed by atoms with Crippen molar-refractivity contribution in [2.45, 2.75) is 44.1 Å². The largest absolute Gasteiger partial charge is 0.493 e. The molecule has 0 amide bonds. The lowest BCUT2D eigenvalue weighted by Crippen LogP contribution is -2.29. The summed E-state index contributed by atoms with van der Waals surface area (Å²) in [5.41, 5.74) is 5.88. The molecule has 0 radical (unpaired) electrons. The SMILES string of the molecule is COc1cc2c(cc1OC)[C@@H]1CCCC[C@@H]1N=C2c1cccc(OCCc2ccccc2)c1. The van der Waals surface area contributed by atoms with E-state index in [1.807, 2.05) is 12.1 Å². The van der Waals surface area contributed by atoms with Gasteiger partial charge in [0.15, 0.2) is 11.5 Å². The quantitative estimate of drug-likeness (QED) is 0.438. The van der Waals surface area contributed by atoms with Gasteiger partial charge in [-0.3, -0.25) is 4.99 Å². The maximum Gasteiger partial charge on any atom is 0.161 e. The van der Waals surface area contributed by atoms with E-state index in [1.54, 1.807) is 14.2 Å². The molecule has 2 aliphatic rings. The number of nitrogens with zero attached hydrogens (tertiary/aromatic N) is 1. The van der Waals surface area contributed by atoms with Crippen molar-refractivity contribution in [2.24, 2.45) is 4.99 Å². The summed E-state index contributed by atoms with van der Waals surface area (Å²) in [7, 11) is 3.39. The minimum absolute atomic E-state index is 0.321. The average molecular weight is 442 g/mol. The highest BCUT2D eigenvalue weighted by Crippen LogP contribution is 2.44. The van der Waals surface area contributed by atoms with Crippen LogP contribution in [0.2, 0.25) is 0 Å². The van der Waals surface area contributed by atoms with Gasteiger partial charge < -0.3 is 14.2 Å². The van der Waals surface area contributed by atoms with E-state index in [1.165, 1.54) is 30.4 Å². The van der Waals surface area contributed by atoms with Crippen LogP contribution in [0.1, 0.15) is 53.9 Å². The molecular formula is C29H31NO3. The average Bonchev–Trinajstić information content (AvgIpc) is 2.88. The van der Waals surface area contributed by atoms with Gasteiger partial charge in [-0.1, -0.05) is 55.3 Å². The van der Waals surface area contributed by atoms with Gasteiger partial charge in [-0.05, 0) is 48.2 Å². The van der Waals surface area contributed by atoms with E-state index >= 15 is 0 Å². The van der Waals surface area contributed by atoms with Crippen molar-refractivity contribution in [3.05, 3.63) is 89.0 Å². The maximum atomic E-state index is 6.12. The molecule has 1 saturated carbocycles. The van der Waals surface area contributed by atoms with E-state index in [0.717, 1.165) is 46.9 Å². The van der Waals surface area contributed by atoms with Gasteiger partial charge in [0.1, 0.15) is 5.75 Å². The van der Waals surface area contributed by atoms with Crippen LogP contribution in [0.3, 0.4) is 0 Å². The minimum atomic E-state index is 0.321. The van der Waals surface area contributed by atoms with Gasteiger partial charge in [0, 0.05) is 23.5 Å².